The van der Waals surface area contributed by atoms with Crippen LogP contribution in [0.3, 0.4) is 0 Å². The average molecular weight is 395 g/mol. The van der Waals surface area contributed by atoms with Gasteiger partial charge in [-0.25, -0.2) is 0 Å². The maximum absolute atomic E-state index is 4.88. The minimum Gasteiger partial charge on any atom is -0.287 e. The third-order valence-corrected chi connectivity index (χ3v) is 5.25. The Morgan fingerprint density at radius 1 is 0.533 bits per heavy atom. The number of hydrogen-bond acceptors (Lipinski definition) is 4. The fraction of sp³-hybridized carbons (Fsp3) is 0.231. The average Bonchev–Trinajstić information content (AvgIpc) is 2.82. The van der Waals surface area contributed by atoms with Crippen molar-refractivity contribution in [1.82, 2.24) is 0 Å². The fourth-order valence-electron chi connectivity index (χ4n) is 3.58. The second kappa shape index (κ2) is 10.4. The molecule has 1 fully saturated rings. The van der Waals surface area contributed by atoms with E-state index >= 15 is 0 Å². The van der Waals surface area contributed by atoms with Crippen molar-refractivity contribution in [3.63, 3.8) is 0 Å². The number of hydrogen-bond donors (Lipinski definition) is 0. The highest BCUT2D eigenvalue weighted by atomic mass is 15.1. The quantitative estimate of drug-likeness (QED) is 0.321. The molecule has 1 aliphatic carbocycles. The van der Waals surface area contributed by atoms with Gasteiger partial charge in [0.2, 0.25) is 0 Å². The van der Waals surface area contributed by atoms with Crippen LogP contribution in [0.4, 0.5) is 11.4 Å². The lowest BCUT2D eigenvalue weighted by molar-refractivity contribution is 0.390. The Kier molecular flexibility index (Phi) is 6.90. The molecular formula is C26H26N4. The van der Waals surface area contributed by atoms with E-state index in [1.54, 1.807) is 0 Å². The van der Waals surface area contributed by atoms with Crippen LogP contribution in [0, 0.1) is 0 Å². The minimum absolute atomic E-state index is 0.246. The molecule has 1 saturated carbocycles. The zero-order valence-corrected chi connectivity index (χ0v) is 17.0. The Bertz CT molecular complexity index is 992. The Balaban J connectivity index is 1.39. The van der Waals surface area contributed by atoms with E-state index in [0.717, 1.165) is 35.3 Å². The number of benzene rings is 3. The zero-order valence-electron chi connectivity index (χ0n) is 17.0. The van der Waals surface area contributed by atoms with Crippen LogP contribution in [-0.4, -0.2) is 24.5 Å². The molecule has 0 spiro atoms. The molecule has 4 heteroatoms. The first kappa shape index (κ1) is 19.9. The summed E-state index contributed by atoms with van der Waals surface area (Å²) in [7, 11) is 0. The highest BCUT2D eigenvalue weighted by molar-refractivity contribution is 5.81. The molecule has 0 amide bonds. The maximum atomic E-state index is 4.88. The van der Waals surface area contributed by atoms with Crippen LogP contribution in [-0.2, 0) is 0 Å². The summed E-state index contributed by atoms with van der Waals surface area (Å²) in [6, 6.07) is 28.6. The Morgan fingerprint density at radius 3 is 1.57 bits per heavy atom. The van der Waals surface area contributed by atoms with Crippen molar-refractivity contribution in [3.05, 3.63) is 96.1 Å². The van der Waals surface area contributed by atoms with Gasteiger partial charge in [0, 0.05) is 12.4 Å². The second-order valence-corrected chi connectivity index (χ2v) is 7.51. The van der Waals surface area contributed by atoms with Gasteiger partial charge in [0.25, 0.3) is 0 Å². The monoisotopic (exact) mass is 394 g/mol. The molecule has 4 rings (SSSR count). The van der Waals surface area contributed by atoms with Crippen LogP contribution in [0.5, 0.6) is 0 Å². The summed E-state index contributed by atoms with van der Waals surface area (Å²) in [5.41, 5.74) is 3.90. The Hall–Kier alpha value is -3.40. The summed E-state index contributed by atoms with van der Waals surface area (Å²) in [6.45, 7) is 0. The lowest BCUT2D eigenvalue weighted by atomic mass is 9.91. The summed E-state index contributed by atoms with van der Waals surface area (Å²) < 4.78 is 0. The minimum atomic E-state index is 0.246. The standard InChI is InChI=1S/C26H26N4/c1-3-9-21(10-4-1)19-27-25-13-7-8-14-26(25)28-20-22-15-17-24(18-16-22)30-29-23-11-5-2-6-12-23/h1-6,9-12,15-20,25-26H,7-8,13-14H2/t25-,26-/m0/s1. The normalized spacial score (nSPS) is 19.7. The first-order valence-electron chi connectivity index (χ1n) is 10.5. The molecule has 0 bridgehead atoms. The topological polar surface area (TPSA) is 49.4 Å². The number of aliphatic imine (C=N–C) groups is 2. The highest BCUT2D eigenvalue weighted by Gasteiger charge is 2.23. The molecule has 3 aromatic carbocycles. The van der Waals surface area contributed by atoms with Crippen LogP contribution in [0.1, 0.15) is 36.8 Å². The molecule has 4 nitrogen and oxygen atoms in total. The van der Waals surface area contributed by atoms with Gasteiger partial charge in [0.1, 0.15) is 0 Å². The summed E-state index contributed by atoms with van der Waals surface area (Å²) in [4.78, 5) is 9.73. The largest absolute Gasteiger partial charge is 0.287 e. The molecule has 150 valence electrons. The molecule has 1 aliphatic rings. The van der Waals surface area contributed by atoms with Crippen molar-refractivity contribution in [3.8, 4) is 0 Å². The molecule has 0 N–H and O–H groups in total. The van der Waals surface area contributed by atoms with E-state index in [-0.39, 0.29) is 12.1 Å². The van der Waals surface area contributed by atoms with Gasteiger partial charge in [-0.05, 0) is 48.2 Å². The van der Waals surface area contributed by atoms with E-state index < -0.39 is 0 Å². The Morgan fingerprint density at radius 2 is 1.00 bits per heavy atom. The van der Waals surface area contributed by atoms with E-state index in [0.29, 0.717) is 0 Å². The fourth-order valence-corrected chi connectivity index (χ4v) is 3.58. The molecule has 2 atom stereocenters. The lowest BCUT2D eigenvalue weighted by Crippen LogP contribution is -2.27. The van der Waals surface area contributed by atoms with Crippen molar-refractivity contribution in [2.24, 2.45) is 20.2 Å². The molecule has 30 heavy (non-hydrogen) atoms. The van der Waals surface area contributed by atoms with Gasteiger partial charge >= 0.3 is 0 Å². The lowest BCUT2D eigenvalue weighted by Gasteiger charge is -2.25. The van der Waals surface area contributed by atoms with Gasteiger partial charge in [-0.15, -0.1) is 0 Å². The summed E-state index contributed by atoms with van der Waals surface area (Å²) in [5, 5.41) is 8.55. The number of rotatable bonds is 6. The molecular weight excluding hydrogens is 368 g/mol. The van der Waals surface area contributed by atoms with E-state index in [4.69, 9.17) is 9.98 Å². The Labute approximate surface area is 178 Å². The molecule has 0 aromatic heterocycles. The van der Waals surface area contributed by atoms with E-state index in [1.807, 2.05) is 85.2 Å². The van der Waals surface area contributed by atoms with Crippen LogP contribution in [0.25, 0.3) is 0 Å². The first-order chi connectivity index (χ1) is 14.9. The molecule has 0 radical (unpaired) electrons. The van der Waals surface area contributed by atoms with Gasteiger partial charge in [-0.3, -0.25) is 9.98 Å². The van der Waals surface area contributed by atoms with Crippen LogP contribution in [0.15, 0.2) is 105 Å². The van der Waals surface area contributed by atoms with Crippen molar-refractivity contribution in [1.29, 1.82) is 0 Å². The zero-order chi connectivity index (χ0) is 20.4. The summed E-state index contributed by atoms with van der Waals surface area (Å²) >= 11 is 0. The SMILES string of the molecule is C(=N[C@H]1CCCC[C@@H]1N=Cc1ccc(N=Nc2ccccc2)cc1)c1ccccc1. The molecule has 0 unspecified atom stereocenters. The smallest absolute Gasteiger partial charge is 0.0857 e. The van der Waals surface area contributed by atoms with Gasteiger partial charge in [-0.1, -0.05) is 73.5 Å². The van der Waals surface area contributed by atoms with Crippen molar-refractivity contribution in [2.75, 3.05) is 0 Å². The molecule has 0 aliphatic heterocycles. The highest BCUT2D eigenvalue weighted by Crippen LogP contribution is 2.24. The van der Waals surface area contributed by atoms with Crippen LogP contribution >= 0.6 is 0 Å². The van der Waals surface area contributed by atoms with Gasteiger partial charge < -0.3 is 0 Å². The summed E-state index contributed by atoms with van der Waals surface area (Å²) in [6.07, 6.45) is 8.60. The third kappa shape index (κ3) is 5.80. The second-order valence-electron chi connectivity index (χ2n) is 7.51. The van der Waals surface area contributed by atoms with Crippen LogP contribution in [0.2, 0.25) is 0 Å². The molecule has 0 heterocycles. The number of nitrogens with zero attached hydrogens (tertiary/aromatic N) is 4. The molecule has 3 aromatic rings. The van der Waals surface area contributed by atoms with E-state index in [9.17, 15) is 0 Å². The predicted octanol–water partition coefficient (Wildman–Crippen LogP) is 6.95. The predicted molar refractivity (Wildman–Crippen MR) is 125 cm³/mol. The molecule has 0 saturated heterocycles. The van der Waals surface area contributed by atoms with Crippen molar-refractivity contribution < 1.29 is 0 Å². The van der Waals surface area contributed by atoms with Crippen molar-refractivity contribution in [2.45, 2.75) is 37.8 Å². The van der Waals surface area contributed by atoms with Gasteiger partial charge in [0.15, 0.2) is 0 Å². The van der Waals surface area contributed by atoms with Crippen molar-refractivity contribution >= 4 is 23.8 Å². The van der Waals surface area contributed by atoms with Gasteiger partial charge in [-0.2, -0.15) is 10.2 Å². The van der Waals surface area contributed by atoms with Crippen LogP contribution < -0.4 is 0 Å². The first-order valence-corrected chi connectivity index (χ1v) is 10.5. The van der Waals surface area contributed by atoms with E-state index in [1.165, 1.54) is 12.8 Å². The summed E-state index contributed by atoms with van der Waals surface area (Å²) in [5.74, 6) is 0. The third-order valence-electron chi connectivity index (χ3n) is 5.25. The maximum Gasteiger partial charge on any atom is 0.0857 e. The van der Waals surface area contributed by atoms with Gasteiger partial charge in [0.05, 0.1) is 23.5 Å². The van der Waals surface area contributed by atoms with E-state index in [2.05, 4.69) is 22.4 Å². The number of azo groups is 1.